The van der Waals surface area contributed by atoms with Crippen LogP contribution in [0.4, 0.5) is 4.79 Å². The van der Waals surface area contributed by atoms with E-state index in [1.165, 1.54) is 0 Å². The van der Waals surface area contributed by atoms with Crippen LogP contribution in [0, 0.1) is 0 Å². The van der Waals surface area contributed by atoms with E-state index < -0.39 is 7.12 Å². The fourth-order valence-electron chi connectivity index (χ4n) is 2.90. The summed E-state index contributed by atoms with van der Waals surface area (Å²) in [7, 11) is -0.408. The van der Waals surface area contributed by atoms with Crippen molar-refractivity contribution in [2.24, 2.45) is 0 Å². The number of nitrogens with zero attached hydrogens (tertiary/aromatic N) is 1. The van der Waals surface area contributed by atoms with Crippen LogP contribution in [0.1, 0.15) is 46.1 Å². The highest BCUT2D eigenvalue weighted by atomic mass is 16.7. The standard InChI is InChI=1S/C19H26BNO4/c1-18(2)19(3,4)25-20(24-18)16-11-8-12-21(13-16)17(22)23-14-15-9-6-5-7-10-15/h5-7,9-10,13H,8,11-12,14H2,1-4H3. The van der Waals surface area contributed by atoms with Crippen molar-refractivity contribution in [3.05, 3.63) is 47.6 Å². The summed E-state index contributed by atoms with van der Waals surface area (Å²) in [6.07, 6.45) is 3.23. The minimum Gasteiger partial charge on any atom is -0.444 e. The van der Waals surface area contributed by atoms with Crippen LogP contribution in [0.2, 0.25) is 0 Å². The lowest BCUT2D eigenvalue weighted by molar-refractivity contribution is 0.00578. The first-order valence-corrected chi connectivity index (χ1v) is 8.82. The molecule has 134 valence electrons. The Labute approximate surface area is 150 Å². The number of benzene rings is 1. The maximum atomic E-state index is 12.4. The molecule has 1 saturated heterocycles. The van der Waals surface area contributed by atoms with Crippen LogP contribution in [0.15, 0.2) is 42.0 Å². The number of amides is 1. The van der Waals surface area contributed by atoms with Crippen LogP contribution < -0.4 is 0 Å². The predicted octanol–water partition coefficient (Wildman–Crippen LogP) is 3.93. The maximum absolute atomic E-state index is 12.4. The Kier molecular flexibility index (Phi) is 4.93. The van der Waals surface area contributed by atoms with Crippen molar-refractivity contribution in [3.8, 4) is 0 Å². The lowest BCUT2D eigenvalue weighted by atomic mass is 9.75. The van der Waals surface area contributed by atoms with Crippen molar-refractivity contribution in [1.29, 1.82) is 0 Å². The van der Waals surface area contributed by atoms with E-state index in [0.29, 0.717) is 6.54 Å². The zero-order valence-electron chi connectivity index (χ0n) is 15.5. The van der Waals surface area contributed by atoms with Crippen LogP contribution in [0.5, 0.6) is 0 Å². The molecule has 1 amide bonds. The summed E-state index contributed by atoms with van der Waals surface area (Å²) in [5.74, 6) is 0. The monoisotopic (exact) mass is 343 g/mol. The largest absolute Gasteiger partial charge is 0.492 e. The van der Waals surface area contributed by atoms with Gasteiger partial charge in [0.1, 0.15) is 6.61 Å². The second kappa shape index (κ2) is 6.85. The van der Waals surface area contributed by atoms with Gasteiger partial charge in [-0.1, -0.05) is 30.3 Å². The third kappa shape index (κ3) is 3.91. The summed E-state index contributed by atoms with van der Waals surface area (Å²) in [4.78, 5) is 14.0. The van der Waals surface area contributed by atoms with Gasteiger partial charge in [0.15, 0.2) is 0 Å². The smallest absolute Gasteiger partial charge is 0.444 e. The minimum absolute atomic E-state index is 0.274. The van der Waals surface area contributed by atoms with E-state index in [1.54, 1.807) is 4.90 Å². The molecule has 0 unspecified atom stereocenters. The summed E-state index contributed by atoms with van der Waals surface area (Å²) in [6.45, 7) is 9.04. The molecule has 1 aromatic carbocycles. The molecule has 0 aliphatic carbocycles. The molecule has 2 aliphatic rings. The molecule has 0 aromatic heterocycles. The maximum Gasteiger partial charge on any atom is 0.492 e. The van der Waals surface area contributed by atoms with Crippen LogP contribution in [-0.2, 0) is 20.7 Å². The van der Waals surface area contributed by atoms with Crippen LogP contribution in [0.3, 0.4) is 0 Å². The van der Waals surface area contributed by atoms with Gasteiger partial charge < -0.3 is 14.0 Å². The van der Waals surface area contributed by atoms with Gasteiger partial charge in [-0.2, -0.15) is 0 Å². The van der Waals surface area contributed by atoms with Crippen molar-refractivity contribution >= 4 is 13.2 Å². The third-order valence-electron chi connectivity index (χ3n) is 5.18. The van der Waals surface area contributed by atoms with Gasteiger partial charge >= 0.3 is 13.2 Å². The highest BCUT2D eigenvalue weighted by Crippen LogP contribution is 2.39. The fourth-order valence-corrected chi connectivity index (χ4v) is 2.90. The van der Waals surface area contributed by atoms with Gasteiger partial charge in [0, 0.05) is 12.7 Å². The molecular weight excluding hydrogens is 317 g/mol. The van der Waals surface area contributed by atoms with Crippen LogP contribution in [0.25, 0.3) is 0 Å². The number of rotatable bonds is 3. The Morgan fingerprint density at radius 1 is 1.16 bits per heavy atom. The van der Waals surface area contributed by atoms with Crippen molar-refractivity contribution in [1.82, 2.24) is 4.90 Å². The predicted molar refractivity (Wildman–Crippen MR) is 96.7 cm³/mol. The van der Waals surface area contributed by atoms with Gasteiger partial charge in [0.05, 0.1) is 11.2 Å². The minimum atomic E-state index is -0.408. The number of ether oxygens (including phenoxy) is 1. The fraction of sp³-hybridized carbons (Fsp3) is 0.526. The Hall–Kier alpha value is -1.79. The number of hydrogen-bond donors (Lipinski definition) is 0. The van der Waals surface area contributed by atoms with Crippen molar-refractivity contribution < 1.29 is 18.8 Å². The van der Waals surface area contributed by atoms with Gasteiger partial charge in [-0.3, -0.25) is 4.90 Å². The Balaban J connectivity index is 1.63. The molecule has 2 aliphatic heterocycles. The molecule has 1 fully saturated rings. The molecule has 25 heavy (non-hydrogen) atoms. The number of carbonyl (C=O) groups is 1. The number of allylic oxidation sites excluding steroid dienone is 1. The van der Waals surface area contributed by atoms with Gasteiger partial charge in [-0.15, -0.1) is 0 Å². The first-order chi connectivity index (χ1) is 11.8. The number of carbonyl (C=O) groups excluding carboxylic acids is 1. The quantitative estimate of drug-likeness (QED) is 0.780. The van der Waals surface area contributed by atoms with Crippen molar-refractivity contribution in [2.45, 2.75) is 58.3 Å². The normalized spacial score (nSPS) is 21.8. The summed E-state index contributed by atoms with van der Waals surface area (Å²) in [5.41, 5.74) is 1.20. The van der Waals surface area contributed by atoms with Crippen LogP contribution >= 0.6 is 0 Å². The summed E-state index contributed by atoms with van der Waals surface area (Å²) >= 11 is 0. The average molecular weight is 343 g/mol. The summed E-state index contributed by atoms with van der Waals surface area (Å²) < 4.78 is 17.6. The van der Waals surface area contributed by atoms with Gasteiger partial charge in [-0.25, -0.2) is 4.79 Å². The van der Waals surface area contributed by atoms with E-state index in [1.807, 2.05) is 64.2 Å². The first-order valence-electron chi connectivity index (χ1n) is 8.82. The molecule has 5 nitrogen and oxygen atoms in total. The Morgan fingerprint density at radius 2 is 1.80 bits per heavy atom. The molecule has 1 aromatic rings. The highest BCUT2D eigenvalue weighted by Gasteiger charge is 2.52. The van der Waals surface area contributed by atoms with E-state index in [-0.39, 0.29) is 23.9 Å². The topological polar surface area (TPSA) is 48.0 Å². The van der Waals surface area contributed by atoms with Gasteiger partial charge in [0.25, 0.3) is 0 Å². The molecule has 0 N–H and O–H groups in total. The second-order valence-corrected chi connectivity index (χ2v) is 7.63. The molecular formula is C19H26BNO4. The average Bonchev–Trinajstić information content (AvgIpc) is 2.81. The molecule has 0 radical (unpaired) electrons. The molecule has 0 spiro atoms. The van der Waals surface area contributed by atoms with E-state index in [2.05, 4.69) is 0 Å². The Morgan fingerprint density at radius 3 is 2.44 bits per heavy atom. The van der Waals surface area contributed by atoms with Crippen molar-refractivity contribution in [3.63, 3.8) is 0 Å². The van der Waals surface area contributed by atoms with E-state index in [4.69, 9.17) is 14.0 Å². The molecule has 0 atom stereocenters. The SMILES string of the molecule is CC1(C)OB(C2=CN(C(=O)OCc3ccccc3)CCC2)OC1(C)C. The van der Waals surface area contributed by atoms with Gasteiger partial charge in [0.2, 0.25) is 0 Å². The van der Waals surface area contributed by atoms with E-state index >= 15 is 0 Å². The first kappa shape index (κ1) is 18.0. The van der Waals surface area contributed by atoms with Crippen molar-refractivity contribution in [2.75, 3.05) is 6.54 Å². The van der Waals surface area contributed by atoms with Crippen LogP contribution in [-0.4, -0.2) is 35.9 Å². The molecule has 3 rings (SSSR count). The highest BCUT2D eigenvalue weighted by molar-refractivity contribution is 6.54. The molecule has 2 heterocycles. The zero-order valence-corrected chi connectivity index (χ0v) is 15.5. The molecule has 6 heteroatoms. The second-order valence-electron chi connectivity index (χ2n) is 7.63. The lowest BCUT2D eigenvalue weighted by Crippen LogP contribution is -2.41. The van der Waals surface area contributed by atoms with E-state index in [9.17, 15) is 4.79 Å². The van der Waals surface area contributed by atoms with E-state index in [0.717, 1.165) is 23.9 Å². The summed E-state index contributed by atoms with van der Waals surface area (Å²) in [6, 6.07) is 9.68. The summed E-state index contributed by atoms with van der Waals surface area (Å²) in [5, 5.41) is 0. The van der Waals surface area contributed by atoms with Gasteiger partial charge in [-0.05, 0) is 51.6 Å². The molecule has 0 bridgehead atoms. The molecule has 0 saturated carbocycles. The Bertz CT molecular complexity index is 641. The third-order valence-corrected chi connectivity index (χ3v) is 5.18. The number of hydrogen-bond acceptors (Lipinski definition) is 4. The zero-order chi connectivity index (χ0) is 18.1. The lowest BCUT2D eigenvalue weighted by Gasteiger charge is -2.32.